The van der Waals surface area contributed by atoms with E-state index in [0.29, 0.717) is 57.0 Å². The van der Waals surface area contributed by atoms with Crippen LogP contribution in [0.1, 0.15) is 41.5 Å². The zero-order valence-electron chi connectivity index (χ0n) is 21.4. The Labute approximate surface area is 212 Å². The van der Waals surface area contributed by atoms with Gasteiger partial charge in [-0.25, -0.2) is 18.2 Å². The topological polar surface area (TPSA) is 105 Å². The summed E-state index contributed by atoms with van der Waals surface area (Å²) in [6.07, 6.45) is 2.99. The molecule has 4 rings (SSSR count). The molecule has 0 aromatic carbocycles. The number of anilines is 1. The van der Waals surface area contributed by atoms with Gasteiger partial charge in [0.05, 0.1) is 12.5 Å². The highest BCUT2D eigenvalue weighted by atomic mass is 32.2. The third-order valence-electron chi connectivity index (χ3n) is 7.30. The Balaban J connectivity index is 1.50. The average molecular weight is 518 g/mol. The number of rotatable bonds is 6. The van der Waals surface area contributed by atoms with Crippen molar-refractivity contribution in [2.75, 3.05) is 50.8 Å². The summed E-state index contributed by atoms with van der Waals surface area (Å²) in [5.74, 6) is -0.175. The molecule has 11 heteroatoms. The second-order valence-corrected chi connectivity index (χ2v) is 11.2. The van der Waals surface area contributed by atoms with Gasteiger partial charge in [-0.15, -0.1) is 0 Å². The summed E-state index contributed by atoms with van der Waals surface area (Å²) in [5.41, 5.74) is 1.10. The first-order chi connectivity index (χ1) is 17.2. The first-order valence-electron chi connectivity index (χ1n) is 12.4. The molecule has 4 heterocycles. The third kappa shape index (κ3) is 4.86. The zero-order chi connectivity index (χ0) is 26.0. The molecule has 36 heavy (non-hydrogen) atoms. The highest BCUT2D eigenvalue weighted by Crippen LogP contribution is 2.32. The van der Waals surface area contributed by atoms with Crippen molar-refractivity contribution in [2.45, 2.75) is 38.5 Å². The predicted molar refractivity (Wildman–Crippen MR) is 135 cm³/mol. The number of carbonyl (C=O) groups is 2. The van der Waals surface area contributed by atoms with Crippen molar-refractivity contribution in [1.29, 1.82) is 0 Å². The molecular formula is C25H35N5O5S. The minimum atomic E-state index is -4.01. The van der Waals surface area contributed by atoms with Gasteiger partial charge < -0.3 is 19.1 Å². The smallest absolute Gasteiger partial charge is 0.341 e. The van der Waals surface area contributed by atoms with E-state index in [1.54, 1.807) is 38.6 Å². The number of ether oxygens (including phenoxy) is 1. The van der Waals surface area contributed by atoms with Crippen molar-refractivity contribution in [2.24, 2.45) is 13.0 Å². The lowest BCUT2D eigenvalue weighted by molar-refractivity contribution is -0.137. The van der Waals surface area contributed by atoms with Crippen LogP contribution in [0.15, 0.2) is 29.3 Å². The fourth-order valence-corrected chi connectivity index (χ4v) is 7.13. The van der Waals surface area contributed by atoms with Crippen LogP contribution in [0.5, 0.6) is 0 Å². The molecule has 0 bridgehead atoms. The third-order valence-corrected chi connectivity index (χ3v) is 9.33. The summed E-state index contributed by atoms with van der Waals surface area (Å²) in [7, 11) is -2.27. The molecule has 2 aromatic heterocycles. The number of hydrogen-bond acceptors (Lipinski definition) is 7. The molecule has 0 radical (unpaired) electrons. The lowest BCUT2D eigenvalue weighted by Crippen LogP contribution is -2.53. The Hall–Kier alpha value is -2.92. The van der Waals surface area contributed by atoms with E-state index in [1.807, 2.05) is 23.1 Å². The van der Waals surface area contributed by atoms with Crippen LogP contribution in [0.3, 0.4) is 0 Å². The number of sulfonamides is 1. The van der Waals surface area contributed by atoms with Crippen LogP contribution in [-0.2, 0) is 26.6 Å². The van der Waals surface area contributed by atoms with Gasteiger partial charge in [0.25, 0.3) is 0 Å². The molecule has 196 valence electrons. The standard InChI is InChI=1S/C25H35N5O5S/c1-5-35-25(32)22-18(2)27(4)19(3)23(22)36(33,34)30-12-8-9-20(17-30)24(31)29-15-13-28(14-16-29)21-10-6-7-11-26-21/h6-7,10-11,20H,5,8-9,12-17H2,1-4H3/t20-/m1/s1. The van der Waals surface area contributed by atoms with Crippen LogP contribution in [0.25, 0.3) is 0 Å². The van der Waals surface area contributed by atoms with Gasteiger partial charge in [0.2, 0.25) is 15.9 Å². The number of piperidine rings is 1. The SMILES string of the molecule is CCOC(=O)c1c(S(=O)(=O)N2CCC[C@@H](C(=O)N3CCN(c4ccccn4)CC3)C2)c(C)n(C)c1C. The quantitative estimate of drug-likeness (QED) is 0.540. The maximum Gasteiger partial charge on any atom is 0.341 e. The fourth-order valence-electron chi connectivity index (χ4n) is 5.12. The number of aromatic nitrogens is 2. The van der Waals surface area contributed by atoms with Crippen molar-refractivity contribution < 1.29 is 22.7 Å². The number of esters is 1. The first-order valence-corrected chi connectivity index (χ1v) is 13.9. The zero-order valence-corrected chi connectivity index (χ0v) is 22.3. The molecule has 1 amide bonds. The molecular weight excluding hydrogens is 482 g/mol. The lowest BCUT2D eigenvalue weighted by Gasteiger charge is -2.39. The first kappa shape index (κ1) is 26.2. The van der Waals surface area contributed by atoms with Crippen molar-refractivity contribution in [3.8, 4) is 0 Å². The fraction of sp³-hybridized carbons (Fsp3) is 0.560. The Kier molecular flexibility index (Phi) is 7.70. The maximum atomic E-state index is 13.8. The van der Waals surface area contributed by atoms with E-state index < -0.39 is 21.9 Å². The van der Waals surface area contributed by atoms with Gasteiger partial charge in [-0.1, -0.05) is 6.07 Å². The van der Waals surface area contributed by atoms with Crippen molar-refractivity contribution >= 4 is 27.7 Å². The van der Waals surface area contributed by atoms with Crippen molar-refractivity contribution in [3.63, 3.8) is 0 Å². The largest absolute Gasteiger partial charge is 0.462 e. The number of nitrogens with zero attached hydrogens (tertiary/aromatic N) is 5. The van der Waals surface area contributed by atoms with Gasteiger partial charge in [-0.3, -0.25) is 4.79 Å². The summed E-state index contributed by atoms with van der Waals surface area (Å²) < 4.78 is 35.9. The number of piperazine rings is 1. The highest BCUT2D eigenvalue weighted by molar-refractivity contribution is 7.89. The van der Waals surface area contributed by atoms with E-state index >= 15 is 0 Å². The molecule has 2 aliphatic heterocycles. The second kappa shape index (κ2) is 10.6. The van der Waals surface area contributed by atoms with Crippen molar-refractivity contribution in [1.82, 2.24) is 18.8 Å². The van der Waals surface area contributed by atoms with Crippen LogP contribution in [-0.4, -0.2) is 84.9 Å². The highest BCUT2D eigenvalue weighted by Gasteiger charge is 2.40. The van der Waals surface area contributed by atoms with Gasteiger partial charge in [-0.05, 0) is 45.7 Å². The maximum absolute atomic E-state index is 13.8. The Bertz CT molecular complexity index is 1220. The molecule has 0 N–H and O–H groups in total. The summed E-state index contributed by atoms with van der Waals surface area (Å²) in [4.78, 5) is 34.4. The lowest BCUT2D eigenvalue weighted by atomic mass is 9.98. The van der Waals surface area contributed by atoms with Crippen LogP contribution in [0, 0.1) is 19.8 Å². The van der Waals surface area contributed by atoms with Gasteiger partial charge in [0.1, 0.15) is 16.3 Å². The summed E-state index contributed by atoms with van der Waals surface area (Å²) in [6, 6.07) is 5.78. The number of carbonyl (C=O) groups excluding carboxylic acids is 2. The van der Waals surface area contributed by atoms with E-state index in [4.69, 9.17) is 4.74 Å². The molecule has 2 saturated heterocycles. The number of hydrogen-bond donors (Lipinski definition) is 0. The molecule has 1 atom stereocenters. The van der Waals surface area contributed by atoms with Crippen LogP contribution < -0.4 is 4.90 Å². The monoisotopic (exact) mass is 517 g/mol. The van der Waals surface area contributed by atoms with Gasteiger partial charge >= 0.3 is 5.97 Å². The van der Waals surface area contributed by atoms with Crippen LogP contribution >= 0.6 is 0 Å². The molecule has 10 nitrogen and oxygen atoms in total. The molecule has 0 unspecified atom stereocenters. The molecule has 2 aromatic rings. The average Bonchev–Trinajstić information content (AvgIpc) is 3.13. The van der Waals surface area contributed by atoms with E-state index in [9.17, 15) is 18.0 Å². The van der Waals surface area contributed by atoms with E-state index in [-0.39, 0.29) is 29.5 Å². The molecule has 0 saturated carbocycles. The van der Waals surface area contributed by atoms with E-state index in [0.717, 1.165) is 5.82 Å². The molecule has 2 aliphatic rings. The van der Waals surface area contributed by atoms with Gasteiger partial charge in [0.15, 0.2) is 0 Å². The molecule has 2 fully saturated rings. The van der Waals surface area contributed by atoms with E-state index in [1.165, 1.54) is 4.31 Å². The minimum Gasteiger partial charge on any atom is -0.462 e. The Morgan fingerprint density at radius 1 is 1.08 bits per heavy atom. The molecule has 0 spiro atoms. The normalized spacial score (nSPS) is 19.4. The Morgan fingerprint density at radius 3 is 2.44 bits per heavy atom. The van der Waals surface area contributed by atoms with Crippen LogP contribution in [0.2, 0.25) is 0 Å². The number of amides is 1. The summed E-state index contributed by atoms with van der Waals surface area (Å²) in [5, 5.41) is 0. The predicted octanol–water partition coefficient (Wildman–Crippen LogP) is 1.96. The van der Waals surface area contributed by atoms with Crippen molar-refractivity contribution in [3.05, 3.63) is 41.3 Å². The second-order valence-electron chi connectivity index (χ2n) is 9.36. The summed E-state index contributed by atoms with van der Waals surface area (Å²) in [6.45, 7) is 8.18. The molecule has 0 aliphatic carbocycles. The minimum absolute atomic E-state index is 0.0119. The van der Waals surface area contributed by atoms with E-state index in [2.05, 4.69) is 9.88 Å². The van der Waals surface area contributed by atoms with Gasteiger partial charge in [-0.2, -0.15) is 4.31 Å². The summed E-state index contributed by atoms with van der Waals surface area (Å²) >= 11 is 0. The Morgan fingerprint density at radius 2 is 1.81 bits per heavy atom. The van der Waals surface area contributed by atoms with Gasteiger partial charge in [0, 0.05) is 63.9 Å². The number of pyridine rings is 1. The van der Waals surface area contributed by atoms with Crippen LogP contribution in [0.4, 0.5) is 5.82 Å².